The monoisotopic (exact) mass is 395 g/mol. The van der Waals surface area contributed by atoms with Gasteiger partial charge in [0.05, 0.1) is 18.9 Å². The molecule has 152 valence electrons. The van der Waals surface area contributed by atoms with E-state index in [1.165, 1.54) is 6.26 Å². The number of hydrogen-bond donors (Lipinski definition) is 1. The third-order valence-electron chi connectivity index (χ3n) is 5.93. The fourth-order valence-electron chi connectivity index (χ4n) is 4.49. The molecule has 2 aromatic rings. The summed E-state index contributed by atoms with van der Waals surface area (Å²) >= 11 is 0. The maximum absolute atomic E-state index is 13.0. The molecule has 1 aromatic carbocycles. The van der Waals surface area contributed by atoms with Crippen molar-refractivity contribution in [3.8, 4) is 5.75 Å². The maximum Gasteiger partial charge on any atom is 0.296 e. The van der Waals surface area contributed by atoms with Gasteiger partial charge in [0.25, 0.3) is 11.7 Å². The Kier molecular flexibility index (Phi) is 5.18. The Morgan fingerprint density at radius 2 is 1.93 bits per heavy atom. The first-order chi connectivity index (χ1) is 14.0. The number of methoxy groups -OCH3 is 1. The van der Waals surface area contributed by atoms with Crippen LogP contribution >= 0.6 is 0 Å². The standard InChI is InChI=1S/C23H25NO5/c1-14-13-15(10-11-17(14)28-2)21(25)19-20(18-9-6-12-29-18)24(23(27)22(19)26)16-7-4-3-5-8-16/h6,9-13,16,20,25H,3-5,7-8H2,1-2H3/b21-19-. The molecule has 1 amide bonds. The lowest BCUT2D eigenvalue weighted by Gasteiger charge is -2.34. The Balaban J connectivity index is 1.83. The number of ketones is 1. The van der Waals surface area contributed by atoms with Crippen LogP contribution in [0, 0.1) is 6.92 Å². The summed E-state index contributed by atoms with van der Waals surface area (Å²) in [6.45, 7) is 1.86. The van der Waals surface area contributed by atoms with Crippen molar-refractivity contribution in [3.05, 3.63) is 59.1 Å². The Labute approximate surface area is 169 Å². The van der Waals surface area contributed by atoms with Crippen molar-refractivity contribution >= 4 is 17.4 Å². The zero-order valence-electron chi connectivity index (χ0n) is 16.7. The van der Waals surface area contributed by atoms with Crippen LogP contribution in [0.4, 0.5) is 0 Å². The molecule has 1 saturated carbocycles. The average molecular weight is 395 g/mol. The van der Waals surface area contributed by atoms with Crippen molar-refractivity contribution in [1.29, 1.82) is 0 Å². The lowest BCUT2D eigenvalue weighted by molar-refractivity contribution is -0.142. The molecule has 0 radical (unpaired) electrons. The van der Waals surface area contributed by atoms with Crippen LogP contribution in [-0.2, 0) is 9.59 Å². The molecule has 2 heterocycles. The number of carbonyl (C=O) groups is 2. The van der Waals surface area contributed by atoms with E-state index >= 15 is 0 Å². The summed E-state index contributed by atoms with van der Waals surface area (Å²) < 4.78 is 10.9. The smallest absolute Gasteiger partial charge is 0.296 e. The topological polar surface area (TPSA) is 80.0 Å². The molecule has 1 atom stereocenters. The predicted octanol–water partition coefficient (Wildman–Crippen LogP) is 4.35. The number of furan rings is 1. The lowest BCUT2D eigenvalue weighted by Crippen LogP contribution is -2.40. The van der Waals surface area contributed by atoms with Gasteiger partial charge >= 0.3 is 0 Å². The summed E-state index contributed by atoms with van der Waals surface area (Å²) in [4.78, 5) is 27.6. The fraction of sp³-hybridized carbons (Fsp3) is 0.391. The summed E-state index contributed by atoms with van der Waals surface area (Å²) in [6, 6.07) is 7.92. The van der Waals surface area contributed by atoms with E-state index in [0.717, 1.165) is 37.7 Å². The first-order valence-electron chi connectivity index (χ1n) is 10.0. The molecular weight excluding hydrogens is 370 g/mol. The van der Waals surface area contributed by atoms with E-state index in [4.69, 9.17) is 9.15 Å². The molecule has 1 aliphatic carbocycles. The molecule has 2 aliphatic rings. The van der Waals surface area contributed by atoms with Crippen LogP contribution in [0.5, 0.6) is 5.75 Å². The number of Topliss-reactive ketones (excluding diaryl/α,β-unsaturated/α-hetero) is 1. The van der Waals surface area contributed by atoms with E-state index in [9.17, 15) is 14.7 Å². The van der Waals surface area contributed by atoms with Crippen LogP contribution in [0.1, 0.15) is 55.0 Å². The molecule has 6 heteroatoms. The van der Waals surface area contributed by atoms with E-state index in [2.05, 4.69) is 0 Å². The number of aliphatic hydroxyl groups excluding tert-OH is 1. The fourth-order valence-corrected chi connectivity index (χ4v) is 4.49. The molecule has 4 rings (SSSR count). The summed E-state index contributed by atoms with van der Waals surface area (Å²) in [5, 5.41) is 11.1. The number of carbonyl (C=O) groups excluding carboxylic acids is 2. The minimum atomic E-state index is -0.712. The number of nitrogens with zero attached hydrogens (tertiary/aromatic N) is 1. The predicted molar refractivity (Wildman–Crippen MR) is 107 cm³/mol. The van der Waals surface area contributed by atoms with Gasteiger partial charge in [-0.2, -0.15) is 0 Å². The number of amides is 1. The number of ether oxygens (including phenoxy) is 1. The van der Waals surface area contributed by atoms with Crippen LogP contribution < -0.4 is 4.74 Å². The molecule has 0 bridgehead atoms. The number of hydrogen-bond acceptors (Lipinski definition) is 5. The Morgan fingerprint density at radius 1 is 1.17 bits per heavy atom. The van der Waals surface area contributed by atoms with Gasteiger partial charge in [-0.05, 0) is 55.7 Å². The molecule has 1 N–H and O–H groups in total. The van der Waals surface area contributed by atoms with Crippen LogP contribution in [0.25, 0.3) is 5.76 Å². The molecule has 0 spiro atoms. The molecule has 1 saturated heterocycles. The number of likely N-dealkylation sites (tertiary alicyclic amines) is 1. The normalized spacial score (nSPS) is 22.3. The van der Waals surface area contributed by atoms with E-state index < -0.39 is 17.7 Å². The summed E-state index contributed by atoms with van der Waals surface area (Å²) in [7, 11) is 1.58. The quantitative estimate of drug-likeness (QED) is 0.473. The van der Waals surface area contributed by atoms with Gasteiger partial charge in [0, 0.05) is 11.6 Å². The second-order valence-corrected chi connectivity index (χ2v) is 7.70. The molecule has 29 heavy (non-hydrogen) atoms. The van der Waals surface area contributed by atoms with Gasteiger partial charge in [-0.25, -0.2) is 0 Å². The van der Waals surface area contributed by atoms with E-state index in [0.29, 0.717) is 17.1 Å². The molecule has 2 fully saturated rings. The van der Waals surface area contributed by atoms with E-state index in [1.807, 2.05) is 6.92 Å². The lowest BCUT2D eigenvalue weighted by atomic mass is 9.92. The van der Waals surface area contributed by atoms with Gasteiger partial charge in [0.1, 0.15) is 23.3 Å². The molecule has 1 aliphatic heterocycles. The van der Waals surface area contributed by atoms with Crippen molar-refractivity contribution in [2.45, 2.75) is 51.1 Å². The maximum atomic E-state index is 13.0. The number of benzene rings is 1. The summed E-state index contributed by atoms with van der Waals surface area (Å²) in [6.07, 6.45) is 6.41. The van der Waals surface area contributed by atoms with Gasteiger partial charge in [0.2, 0.25) is 0 Å². The molecule has 1 aromatic heterocycles. The highest BCUT2D eigenvalue weighted by Crippen LogP contribution is 2.43. The van der Waals surface area contributed by atoms with Gasteiger partial charge in [-0.15, -0.1) is 0 Å². The number of rotatable bonds is 4. The van der Waals surface area contributed by atoms with E-state index in [1.54, 1.807) is 42.3 Å². The zero-order valence-corrected chi connectivity index (χ0v) is 16.7. The second-order valence-electron chi connectivity index (χ2n) is 7.70. The molecular formula is C23H25NO5. The Bertz CT molecular complexity index is 954. The van der Waals surface area contributed by atoms with Crippen molar-refractivity contribution in [3.63, 3.8) is 0 Å². The third kappa shape index (κ3) is 3.33. The highest BCUT2D eigenvalue weighted by molar-refractivity contribution is 6.46. The van der Waals surface area contributed by atoms with Gasteiger partial charge in [-0.3, -0.25) is 9.59 Å². The molecule has 6 nitrogen and oxygen atoms in total. The summed E-state index contributed by atoms with van der Waals surface area (Å²) in [5.74, 6) is -0.241. The largest absolute Gasteiger partial charge is 0.507 e. The van der Waals surface area contributed by atoms with E-state index in [-0.39, 0.29) is 17.4 Å². The van der Waals surface area contributed by atoms with Gasteiger partial charge in [-0.1, -0.05) is 19.3 Å². The van der Waals surface area contributed by atoms with Crippen molar-refractivity contribution in [2.75, 3.05) is 7.11 Å². The van der Waals surface area contributed by atoms with Gasteiger partial charge < -0.3 is 19.2 Å². The highest BCUT2D eigenvalue weighted by atomic mass is 16.5. The molecule has 1 unspecified atom stereocenters. The van der Waals surface area contributed by atoms with Crippen LogP contribution in [-0.4, -0.2) is 34.8 Å². The highest BCUT2D eigenvalue weighted by Gasteiger charge is 2.50. The second kappa shape index (κ2) is 7.78. The van der Waals surface area contributed by atoms with Crippen LogP contribution in [0.15, 0.2) is 46.6 Å². The van der Waals surface area contributed by atoms with Crippen molar-refractivity contribution < 1.29 is 23.8 Å². The summed E-state index contributed by atoms with van der Waals surface area (Å²) in [5.41, 5.74) is 1.38. The van der Waals surface area contributed by atoms with Crippen LogP contribution in [0.3, 0.4) is 0 Å². The third-order valence-corrected chi connectivity index (χ3v) is 5.93. The number of aryl methyl sites for hydroxylation is 1. The first kappa shape index (κ1) is 19.3. The van der Waals surface area contributed by atoms with Crippen LogP contribution in [0.2, 0.25) is 0 Å². The Hall–Kier alpha value is -3.02. The minimum Gasteiger partial charge on any atom is -0.507 e. The number of aliphatic hydroxyl groups is 1. The SMILES string of the molecule is COc1ccc(/C(O)=C2/C(=O)C(=O)N(C3CCCCC3)C2c2ccco2)cc1C. The first-order valence-corrected chi connectivity index (χ1v) is 10.0. The zero-order chi connectivity index (χ0) is 20.5. The van der Waals surface area contributed by atoms with Crippen molar-refractivity contribution in [1.82, 2.24) is 4.90 Å². The van der Waals surface area contributed by atoms with Crippen molar-refractivity contribution in [2.24, 2.45) is 0 Å². The average Bonchev–Trinajstić information content (AvgIpc) is 3.35. The van der Waals surface area contributed by atoms with Gasteiger partial charge in [0.15, 0.2) is 0 Å². The Morgan fingerprint density at radius 3 is 2.55 bits per heavy atom. The minimum absolute atomic E-state index is 0.0294.